The molecule has 2 aromatic rings. The van der Waals surface area contributed by atoms with Crippen LogP contribution in [-0.2, 0) is 19.1 Å². The Hall–Kier alpha value is -3.60. The Morgan fingerprint density at radius 1 is 1.17 bits per heavy atom. The van der Waals surface area contributed by atoms with Crippen molar-refractivity contribution in [3.8, 4) is 11.6 Å². The number of allylic oxidation sites excluding steroid dienone is 1. The highest BCUT2D eigenvalue weighted by atomic mass is 35.5. The van der Waals surface area contributed by atoms with Crippen LogP contribution >= 0.6 is 11.6 Å². The third-order valence-corrected chi connectivity index (χ3v) is 9.44. The van der Waals surface area contributed by atoms with Crippen molar-refractivity contribution >= 4 is 40.6 Å². The number of carbonyl (C=O) groups is 3. The summed E-state index contributed by atoms with van der Waals surface area (Å²) in [5.41, 5.74) is -1.00. The van der Waals surface area contributed by atoms with E-state index in [0.29, 0.717) is 23.2 Å². The van der Waals surface area contributed by atoms with Crippen LogP contribution in [0.15, 0.2) is 30.9 Å². The van der Waals surface area contributed by atoms with E-state index in [0.717, 1.165) is 25.7 Å². The average Bonchev–Trinajstić information content (AvgIpc) is 3.58. The molecular formula is C36H51ClN4O7. The first-order valence-electron chi connectivity index (χ1n) is 16.7. The molecule has 2 heterocycles. The normalized spacial score (nSPS) is 24.5. The molecule has 0 unspecified atom stereocenters. The van der Waals surface area contributed by atoms with E-state index in [-0.39, 0.29) is 23.5 Å². The van der Waals surface area contributed by atoms with Crippen molar-refractivity contribution in [2.75, 3.05) is 13.7 Å². The Morgan fingerprint density at radius 3 is 2.48 bits per heavy atom. The van der Waals surface area contributed by atoms with Gasteiger partial charge in [0.1, 0.15) is 35.1 Å². The molecule has 0 bridgehead atoms. The summed E-state index contributed by atoms with van der Waals surface area (Å²) >= 11 is 6.50. The molecule has 0 spiro atoms. The van der Waals surface area contributed by atoms with E-state index in [1.165, 1.54) is 4.90 Å². The molecule has 1 aromatic carbocycles. The molecule has 1 saturated carbocycles. The maximum absolute atomic E-state index is 14.5. The van der Waals surface area contributed by atoms with Crippen LogP contribution < -0.4 is 14.8 Å². The Balaban J connectivity index is 1.59. The van der Waals surface area contributed by atoms with Crippen LogP contribution in [0.25, 0.3) is 11.0 Å². The van der Waals surface area contributed by atoms with Gasteiger partial charge in [0.15, 0.2) is 5.15 Å². The van der Waals surface area contributed by atoms with E-state index >= 15 is 0 Å². The number of nitrogens with zero attached hydrogens (tertiary/aromatic N) is 3. The van der Waals surface area contributed by atoms with Gasteiger partial charge in [-0.05, 0) is 70.4 Å². The lowest BCUT2D eigenvalue weighted by Gasteiger charge is -2.36. The van der Waals surface area contributed by atoms with Crippen LogP contribution in [-0.4, -0.2) is 75.9 Å². The van der Waals surface area contributed by atoms with Gasteiger partial charge in [-0.3, -0.25) is 4.79 Å². The van der Waals surface area contributed by atoms with Crippen molar-refractivity contribution in [3.63, 3.8) is 0 Å². The second kappa shape index (κ2) is 14.5. The third-order valence-electron chi connectivity index (χ3n) is 9.20. The lowest BCUT2D eigenvalue weighted by atomic mass is 9.85. The largest absolute Gasteiger partial charge is 0.497 e. The van der Waals surface area contributed by atoms with E-state index in [1.54, 1.807) is 46.1 Å². The number of hydrogen-bond donors (Lipinski definition) is 1. The van der Waals surface area contributed by atoms with Gasteiger partial charge in [-0.2, -0.15) is 0 Å². The number of aromatic nitrogens is 2. The number of amides is 2. The first-order chi connectivity index (χ1) is 22.4. The number of benzene rings is 1. The number of hydrogen-bond acceptors (Lipinski definition) is 9. The minimum atomic E-state index is -1.01. The molecule has 1 aliphatic carbocycles. The fraction of sp³-hybridized carbons (Fsp3) is 0.639. The first-order valence-corrected chi connectivity index (χ1v) is 17.1. The van der Waals surface area contributed by atoms with E-state index < -0.39 is 58.7 Å². The van der Waals surface area contributed by atoms with E-state index in [1.807, 2.05) is 40.7 Å². The quantitative estimate of drug-likeness (QED) is 0.144. The van der Waals surface area contributed by atoms with Crippen molar-refractivity contribution < 1.29 is 33.3 Å². The van der Waals surface area contributed by atoms with Gasteiger partial charge < -0.3 is 29.2 Å². The highest BCUT2D eigenvalue weighted by Gasteiger charge is 2.56. The van der Waals surface area contributed by atoms with Gasteiger partial charge in [0.05, 0.1) is 24.7 Å². The zero-order valence-corrected chi connectivity index (χ0v) is 30.5. The molecule has 1 N–H and O–H groups in total. The summed E-state index contributed by atoms with van der Waals surface area (Å²) in [4.78, 5) is 52.0. The molecule has 12 heteroatoms. The SMILES string of the molecule is C=CCCC[C@H]1C[C@]1(CC)OC(=O)N[C@H](C(=O)N1C[C@H](Oc2nc3cc(OC)ccc3nc2Cl)[C@@H](C)[C@H]1C(=O)OC(C)(C)C)C(C)(C)C. The molecule has 264 valence electrons. The van der Waals surface area contributed by atoms with Gasteiger partial charge in [0, 0.05) is 17.9 Å². The lowest BCUT2D eigenvalue weighted by molar-refractivity contribution is -0.165. The second-order valence-electron chi connectivity index (χ2n) is 15.0. The smallest absolute Gasteiger partial charge is 0.408 e. The third kappa shape index (κ3) is 8.51. The molecule has 1 saturated heterocycles. The van der Waals surface area contributed by atoms with Crippen molar-refractivity contribution in [3.05, 3.63) is 36.0 Å². The molecule has 0 radical (unpaired) electrons. The average molecular weight is 687 g/mol. The Morgan fingerprint density at radius 2 is 1.88 bits per heavy atom. The summed E-state index contributed by atoms with van der Waals surface area (Å²) in [5.74, 6) is -0.612. The number of unbranched alkanes of at least 4 members (excludes halogenated alkanes) is 1. The standard InChI is InChI=1S/C36H51ClN4O7/c1-11-13-14-15-22-19-36(22,12-2)48-33(44)40-28(34(4,5)6)31(42)41-20-26(21(3)27(41)32(43)47-35(7,8)9)46-30-29(37)38-24-17-16-23(45-10)18-25(24)39-30/h11,16-18,21-22,26-28H,1,12-15,19-20H2,2-10H3,(H,40,44)/t21-,22+,26+,27+,28-,36+/m1/s1. The monoisotopic (exact) mass is 686 g/mol. The van der Waals surface area contributed by atoms with E-state index in [4.69, 9.17) is 30.5 Å². The number of alkyl carbamates (subject to hydrolysis) is 1. The summed E-state index contributed by atoms with van der Waals surface area (Å²) in [6.45, 7) is 18.5. The van der Waals surface area contributed by atoms with Crippen molar-refractivity contribution in [2.24, 2.45) is 17.3 Å². The molecule has 48 heavy (non-hydrogen) atoms. The topological polar surface area (TPSA) is 129 Å². The number of rotatable bonds is 12. The molecule has 1 aromatic heterocycles. The number of fused-ring (bicyclic) bond motifs is 1. The Kier molecular flexibility index (Phi) is 11.2. The first kappa shape index (κ1) is 37.2. The number of nitrogens with one attached hydrogen (secondary N) is 1. The van der Waals surface area contributed by atoms with Crippen LogP contribution in [0.3, 0.4) is 0 Å². The van der Waals surface area contributed by atoms with Crippen LogP contribution in [0.1, 0.15) is 87.5 Å². The molecule has 2 aliphatic rings. The summed E-state index contributed by atoms with van der Waals surface area (Å²) in [5, 5.41) is 2.91. The predicted molar refractivity (Wildman–Crippen MR) is 184 cm³/mol. The number of methoxy groups -OCH3 is 1. The molecule has 2 fully saturated rings. The predicted octanol–water partition coefficient (Wildman–Crippen LogP) is 6.89. The fourth-order valence-electron chi connectivity index (χ4n) is 6.39. The minimum Gasteiger partial charge on any atom is -0.497 e. The van der Waals surface area contributed by atoms with Crippen LogP contribution in [0.4, 0.5) is 4.79 Å². The molecule has 1 aliphatic heterocycles. The van der Waals surface area contributed by atoms with Gasteiger partial charge in [-0.15, -0.1) is 6.58 Å². The minimum absolute atomic E-state index is 0.0195. The molecular weight excluding hydrogens is 636 g/mol. The molecule has 2 amide bonds. The molecule has 6 atom stereocenters. The number of ether oxygens (including phenoxy) is 4. The fourth-order valence-corrected chi connectivity index (χ4v) is 6.56. The van der Waals surface area contributed by atoms with Gasteiger partial charge in [0.2, 0.25) is 5.91 Å². The van der Waals surface area contributed by atoms with Crippen LogP contribution in [0.2, 0.25) is 5.15 Å². The maximum Gasteiger partial charge on any atom is 0.408 e. The second-order valence-corrected chi connectivity index (χ2v) is 15.4. The van der Waals surface area contributed by atoms with Crippen LogP contribution in [0.5, 0.6) is 11.6 Å². The Labute approximate surface area is 289 Å². The van der Waals surface area contributed by atoms with Gasteiger partial charge in [-0.25, -0.2) is 19.6 Å². The number of likely N-dealkylation sites (tertiary alicyclic amines) is 1. The summed E-state index contributed by atoms with van der Waals surface area (Å²) in [6.07, 6.45) is 4.86. The van der Waals surface area contributed by atoms with Gasteiger partial charge >= 0.3 is 12.1 Å². The molecule has 4 rings (SSSR count). The number of carbonyl (C=O) groups excluding carboxylic acids is 3. The summed E-state index contributed by atoms with van der Waals surface area (Å²) < 4.78 is 23.4. The van der Waals surface area contributed by atoms with Crippen molar-refractivity contribution in [1.82, 2.24) is 20.2 Å². The van der Waals surface area contributed by atoms with E-state index in [2.05, 4.69) is 21.9 Å². The zero-order valence-electron chi connectivity index (χ0n) is 29.7. The highest BCUT2D eigenvalue weighted by Crippen LogP contribution is 2.52. The Bertz CT molecular complexity index is 1520. The summed E-state index contributed by atoms with van der Waals surface area (Å²) in [6, 6.07) is 3.20. The van der Waals surface area contributed by atoms with Crippen LogP contribution in [0, 0.1) is 17.3 Å². The highest BCUT2D eigenvalue weighted by molar-refractivity contribution is 6.31. The lowest BCUT2D eigenvalue weighted by Crippen LogP contribution is -2.58. The summed E-state index contributed by atoms with van der Waals surface area (Å²) in [7, 11) is 1.56. The maximum atomic E-state index is 14.5. The van der Waals surface area contributed by atoms with Gasteiger partial charge in [-0.1, -0.05) is 52.3 Å². The number of esters is 1. The van der Waals surface area contributed by atoms with Gasteiger partial charge in [0.25, 0.3) is 5.88 Å². The van der Waals surface area contributed by atoms with E-state index in [9.17, 15) is 14.4 Å². The molecule has 11 nitrogen and oxygen atoms in total. The van der Waals surface area contributed by atoms with Crippen molar-refractivity contribution in [2.45, 2.75) is 117 Å². The number of halogens is 1. The van der Waals surface area contributed by atoms with Crippen molar-refractivity contribution in [1.29, 1.82) is 0 Å². The zero-order chi connectivity index (χ0) is 35.6.